The van der Waals surface area contributed by atoms with Crippen molar-refractivity contribution in [3.63, 3.8) is 0 Å². The third kappa shape index (κ3) is 2.54. The van der Waals surface area contributed by atoms with E-state index >= 15 is 0 Å². The zero-order valence-electron chi connectivity index (χ0n) is 10.6. The summed E-state index contributed by atoms with van der Waals surface area (Å²) in [7, 11) is 0. The Kier molecular flexibility index (Phi) is 3.69. The van der Waals surface area contributed by atoms with E-state index in [4.69, 9.17) is 21.9 Å². The van der Waals surface area contributed by atoms with Crippen LogP contribution < -0.4 is 5.73 Å². The summed E-state index contributed by atoms with van der Waals surface area (Å²) in [6.45, 7) is 0. The van der Waals surface area contributed by atoms with Crippen LogP contribution in [0.1, 0.15) is 0 Å². The molecule has 1 aromatic heterocycles. The first kappa shape index (κ1) is 14.1. The molecule has 0 spiro atoms. The Balaban J connectivity index is 2.22. The van der Waals surface area contributed by atoms with Gasteiger partial charge in [0.15, 0.2) is 11.6 Å². The zero-order valence-corrected chi connectivity index (χ0v) is 13.0. The Morgan fingerprint density at radius 1 is 1.14 bits per heavy atom. The van der Waals surface area contributed by atoms with Gasteiger partial charge in [-0.1, -0.05) is 35.0 Å². The molecular formula is C15H9BrClFN2O. The van der Waals surface area contributed by atoms with Gasteiger partial charge in [-0.2, -0.15) is 0 Å². The lowest BCUT2D eigenvalue weighted by Gasteiger charge is -2.05. The maximum atomic E-state index is 14.3. The Morgan fingerprint density at radius 3 is 2.57 bits per heavy atom. The van der Waals surface area contributed by atoms with E-state index in [1.165, 1.54) is 0 Å². The highest BCUT2D eigenvalue weighted by molar-refractivity contribution is 9.10. The number of benzene rings is 2. The zero-order chi connectivity index (χ0) is 15.0. The van der Waals surface area contributed by atoms with Gasteiger partial charge in [0.1, 0.15) is 5.82 Å². The highest BCUT2D eigenvalue weighted by atomic mass is 79.9. The third-order valence-corrected chi connectivity index (χ3v) is 3.91. The molecule has 0 saturated heterocycles. The molecule has 2 aromatic carbocycles. The fourth-order valence-corrected chi connectivity index (χ4v) is 2.55. The summed E-state index contributed by atoms with van der Waals surface area (Å²) >= 11 is 9.03. The van der Waals surface area contributed by atoms with Crippen LogP contribution in [-0.4, -0.2) is 5.16 Å². The van der Waals surface area contributed by atoms with E-state index in [2.05, 4.69) is 21.1 Å². The smallest absolute Gasteiger partial charge is 0.179 e. The molecule has 0 fully saturated rings. The molecule has 2 N–H and O–H groups in total. The van der Waals surface area contributed by atoms with Gasteiger partial charge >= 0.3 is 0 Å². The number of hydrogen-bond acceptors (Lipinski definition) is 3. The average molecular weight is 368 g/mol. The Hall–Kier alpha value is -1.85. The molecule has 0 amide bonds. The van der Waals surface area contributed by atoms with E-state index in [0.29, 0.717) is 20.6 Å². The lowest BCUT2D eigenvalue weighted by atomic mass is 10.0. The second-order valence-electron chi connectivity index (χ2n) is 4.38. The van der Waals surface area contributed by atoms with E-state index in [9.17, 15) is 4.39 Å². The van der Waals surface area contributed by atoms with Crippen molar-refractivity contribution >= 4 is 33.3 Å². The van der Waals surface area contributed by atoms with Crippen molar-refractivity contribution in [2.24, 2.45) is 0 Å². The summed E-state index contributed by atoms with van der Waals surface area (Å²) in [5, 5.41) is 4.35. The standard InChI is InChI=1S/C15H9BrClFN2O/c16-11-3-1-2-10(13(11)18)14-12(15(19)20-21-14)8-4-6-9(17)7-5-8/h1-7H,(H2,19,20). The topological polar surface area (TPSA) is 52.0 Å². The van der Waals surface area contributed by atoms with Crippen LogP contribution in [0.3, 0.4) is 0 Å². The Bertz CT molecular complexity index is 802. The summed E-state index contributed by atoms with van der Waals surface area (Å²) < 4.78 is 19.8. The first-order chi connectivity index (χ1) is 10.1. The van der Waals surface area contributed by atoms with Gasteiger partial charge in [-0.25, -0.2) is 4.39 Å². The predicted octanol–water partition coefficient (Wildman–Crippen LogP) is 5.15. The molecule has 0 saturated carbocycles. The summed E-state index contributed by atoms with van der Waals surface area (Å²) in [4.78, 5) is 0. The van der Waals surface area contributed by atoms with E-state index in [1.54, 1.807) is 42.5 Å². The van der Waals surface area contributed by atoms with Crippen molar-refractivity contribution in [2.45, 2.75) is 0 Å². The lowest BCUT2D eigenvalue weighted by Crippen LogP contribution is -1.90. The van der Waals surface area contributed by atoms with Gasteiger partial charge in [0.2, 0.25) is 0 Å². The maximum absolute atomic E-state index is 14.3. The third-order valence-electron chi connectivity index (χ3n) is 3.05. The molecule has 3 rings (SSSR count). The molecule has 21 heavy (non-hydrogen) atoms. The second-order valence-corrected chi connectivity index (χ2v) is 5.67. The quantitative estimate of drug-likeness (QED) is 0.682. The highest BCUT2D eigenvalue weighted by Gasteiger charge is 2.21. The summed E-state index contributed by atoms with van der Waals surface area (Å²) in [6, 6.07) is 12.0. The van der Waals surface area contributed by atoms with Gasteiger partial charge < -0.3 is 10.3 Å². The molecule has 0 bridgehead atoms. The number of halogens is 3. The molecule has 0 aliphatic heterocycles. The van der Waals surface area contributed by atoms with Crippen molar-refractivity contribution in [1.29, 1.82) is 0 Å². The summed E-state index contributed by atoms with van der Waals surface area (Å²) in [5.41, 5.74) is 7.46. The van der Waals surface area contributed by atoms with Crippen molar-refractivity contribution < 1.29 is 8.91 Å². The van der Waals surface area contributed by atoms with E-state index < -0.39 is 5.82 Å². The van der Waals surface area contributed by atoms with Gasteiger partial charge in [0.05, 0.1) is 15.6 Å². The fraction of sp³-hybridized carbons (Fsp3) is 0. The van der Waals surface area contributed by atoms with Gasteiger partial charge in [-0.05, 0) is 45.8 Å². The molecule has 0 radical (unpaired) electrons. The largest absolute Gasteiger partial charge is 0.380 e. The van der Waals surface area contributed by atoms with Gasteiger partial charge in [-0.15, -0.1) is 0 Å². The van der Waals surface area contributed by atoms with Crippen LogP contribution in [0, 0.1) is 5.82 Å². The second kappa shape index (κ2) is 5.50. The maximum Gasteiger partial charge on any atom is 0.179 e. The summed E-state index contributed by atoms with van der Waals surface area (Å²) in [5.74, 6) is 0.0594. The number of nitrogens with zero attached hydrogens (tertiary/aromatic N) is 1. The van der Waals surface area contributed by atoms with Crippen LogP contribution >= 0.6 is 27.5 Å². The van der Waals surface area contributed by atoms with Crippen LogP contribution in [0.25, 0.3) is 22.5 Å². The molecule has 1 heterocycles. The molecule has 0 aliphatic rings. The number of nitrogens with two attached hydrogens (primary N) is 1. The van der Waals surface area contributed by atoms with E-state index in [0.717, 1.165) is 5.56 Å². The fourth-order valence-electron chi connectivity index (χ4n) is 2.06. The average Bonchev–Trinajstić information content (AvgIpc) is 2.85. The highest BCUT2D eigenvalue weighted by Crippen LogP contribution is 2.39. The Morgan fingerprint density at radius 2 is 1.86 bits per heavy atom. The predicted molar refractivity (Wildman–Crippen MR) is 84.5 cm³/mol. The van der Waals surface area contributed by atoms with Crippen LogP contribution in [0.4, 0.5) is 10.2 Å². The Labute approximate surface area is 133 Å². The van der Waals surface area contributed by atoms with Crippen LogP contribution in [0.5, 0.6) is 0 Å². The minimum Gasteiger partial charge on any atom is -0.380 e. The van der Waals surface area contributed by atoms with Crippen LogP contribution in [0.2, 0.25) is 5.02 Å². The van der Waals surface area contributed by atoms with Crippen molar-refractivity contribution in [3.8, 4) is 22.5 Å². The monoisotopic (exact) mass is 366 g/mol. The molecule has 6 heteroatoms. The molecule has 3 nitrogen and oxygen atoms in total. The van der Waals surface area contributed by atoms with Gasteiger partial charge in [-0.3, -0.25) is 0 Å². The van der Waals surface area contributed by atoms with Crippen LogP contribution in [-0.2, 0) is 0 Å². The molecule has 0 aliphatic carbocycles. The minimum absolute atomic E-state index is 0.201. The number of rotatable bonds is 2. The van der Waals surface area contributed by atoms with Gasteiger partial charge in [0.25, 0.3) is 0 Å². The van der Waals surface area contributed by atoms with Crippen molar-refractivity contribution in [3.05, 3.63) is 57.8 Å². The molecular weight excluding hydrogens is 359 g/mol. The minimum atomic E-state index is -0.427. The number of hydrogen-bond donors (Lipinski definition) is 1. The lowest BCUT2D eigenvalue weighted by molar-refractivity contribution is 0.433. The molecule has 106 valence electrons. The number of nitrogen functional groups attached to an aromatic ring is 1. The first-order valence-corrected chi connectivity index (χ1v) is 7.20. The number of aromatic nitrogens is 1. The van der Waals surface area contributed by atoms with Gasteiger partial charge in [0, 0.05) is 5.02 Å². The number of anilines is 1. The van der Waals surface area contributed by atoms with Crippen molar-refractivity contribution in [1.82, 2.24) is 5.16 Å². The van der Waals surface area contributed by atoms with Crippen LogP contribution in [0.15, 0.2) is 51.5 Å². The van der Waals surface area contributed by atoms with E-state index in [-0.39, 0.29) is 11.6 Å². The summed E-state index contributed by atoms with van der Waals surface area (Å²) in [6.07, 6.45) is 0. The molecule has 0 atom stereocenters. The SMILES string of the molecule is Nc1noc(-c2cccc(Br)c2F)c1-c1ccc(Cl)cc1. The first-order valence-electron chi connectivity index (χ1n) is 6.03. The van der Waals surface area contributed by atoms with E-state index in [1.807, 2.05) is 0 Å². The molecule has 3 aromatic rings. The normalized spacial score (nSPS) is 10.8. The molecule has 0 unspecified atom stereocenters. The van der Waals surface area contributed by atoms with Crippen molar-refractivity contribution in [2.75, 3.05) is 5.73 Å².